The number of hydrogen-bond acceptors (Lipinski definition) is 4. The molecule has 0 aliphatic heterocycles. The zero-order valence-corrected chi connectivity index (χ0v) is 12.5. The van der Waals surface area contributed by atoms with Crippen LogP contribution in [0.3, 0.4) is 0 Å². The average molecular weight is 313 g/mol. The Kier molecular flexibility index (Phi) is 5.14. The van der Waals surface area contributed by atoms with Crippen molar-refractivity contribution in [2.45, 2.75) is 12.8 Å². The predicted molar refractivity (Wildman–Crippen MR) is 78.6 cm³/mol. The largest absolute Gasteiger partial charge is 0.379 e. The number of amides is 1. The molecule has 1 fully saturated rings. The number of nitrogens with zero attached hydrogens (tertiary/aromatic N) is 2. The van der Waals surface area contributed by atoms with E-state index in [0.717, 1.165) is 6.61 Å². The molecule has 0 aromatic heterocycles. The minimum absolute atomic E-state index is 0.0833. The van der Waals surface area contributed by atoms with Crippen LogP contribution in [0.25, 0.3) is 0 Å². The Morgan fingerprint density at radius 2 is 2.24 bits per heavy atom. The topological polar surface area (TPSA) is 72.7 Å². The first-order valence-corrected chi connectivity index (χ1v) is 7.14. The number of non-ortho nitro benzene ring substituents is 1. The Balaban J connectivity index is 1.89. The van der Waals surface area contributed by atoms with Crippen molar-refractivity contribution in [3.8, 4) is 0 Å². The van der Waals surface area contributed by atoms with E-state index < -0.39 is 4.92 Å². The van der Waals surface area contributed by atoms with Gasteiger partial charge in [-0.2, -0.15) is 0 Å². The number of halogens is 1. The molecule has 0 bridgehead atoms. The predicted octanol–water partition coefficient (Wildman–Crippen LogP) is 2.75. The van der Waals surface area contributed by atoms with Gasteiger partial charge in [0.2, 0.25) is 0 Å². The molecule has 0 unspecified atom stereocenters. The molecule has 1 aliphatic rings. The van der Waals surface area contributed by atoms with Crippen molar-refractivity contribution in [1.29, 1.82) is 0 Å². The lowest BCUT2D eigenvalue weighted by Gasteiger charge is -2.17. The van der Waals surface area contributed by atoms with Gasteiger partial charge in [-0.05, 0) is 24.8 Å². The maximum absolute atomic E-state index is 12.2. The van der Waals surface area contributed by atoms with Crippen molar-refractivity contribution < 1.29 is 14.5 Å². The smallest absolute Gasteiger partial charge is 0.270 e. The van der Waals surface area contributed by atoms with Crippen LogP contribution in [0.15, 0.2) is 18.2 Å². The molecule has 0 N–H and O–H groups in total. The van der Waals surface area contributed by atoms with E-state index in [4.69, 9.17) is 16.3 Å². The van der Waals surface area contributed by atoms with E-state index in [-0.39, 0.29) is 22.2 Å². The molecule has 6 nitrogen and oxygen atoms in total. The highest BCUT2D eigenvalue weighted by Gasteiger charge is 2.21. The van der Waals surface area contributed by atoms with E-state index in [0.29, 0.717) is 19.1 Å². The van der Waals surface area contributed by atoms with Crippen molar-refractivity contribution in [2.24, 2.45) is 5.92 Å². The fraction of sp³-hybridized carbons (Fsp3) is 0.500. The van der Waals surface area contributed by atoms with E-state index in [2.05, 4.69) is 0 Å². The van der Waals surface area contributed by atoms with E-state index in [9.17, 15) is 14.9 Å². The SMILES string of the molecule is CN(CCOCC1CC1)C(=O)c1ccc([N+](=O)[O-])cc1Cl. The van der Waals surface area contributed by atoms with Crippen molar-refractivity contribution in [3.63, 3.8) is 0 Å². The first-order valence-electron chi connectivity index (χ1n) is 6.76. The molecule has 0 atom stereocenters. The summed E-state index contributed by atoms with van der Waals surface area (Å²) in [7, 11) is 1.65. The molecule has 21 heavy (non-hydrogen) atoms. The summed E-state index contributed by atoms with van der Waals surface area (Å²) in [5.74, 6) is 0.417. The summed E-state index contributed by atoms with van der Waals surface area (Å²) in [6, 6.07) is 3.84. The molecule has 1 aromatic carbocycles. The Hall–Kier alpha value is -1.66. The van der Waals surface area contributed by atoms with Crippen LogP contribution in [0.4, 0.5) is 5.69 Å². The maximum atomic E-state index is 12.2. The van der Waals surface area contributed by atoms with E-state index >= 15 is 0 Å². The van der Waals surface area contributed by atoms with Gasteiger partial charge in [-0.3, -0.25) is 14.9 Å². The molecule has 1 aliphatic carbocycles. The molecular weight excluding hydrogens is 296 g/mol. The van der Waals surface area contributed by atoms with Crippen LogP contribution >= 0.6 is 11.6 Å². The van der Waals surface area contributed by atoms with Crippen molar-refractivity contribution in [2.75, 3.05) is 26.8 Å². The van der Waals surface area contributed by atoms with Crippen LogP contribution < -0.4 is 0 Å². The molecule has 1 aromatic rings. The lowest BCUT2D eigenvalue weighted by Crippen LogP contribution is -2.30. The minimum Gasteiger partial charge on any atom is -0.379 e. The fourth-order valence-electron chi connectivity index (χ4n) is 1.83. The van der Waals surface area contributed by atoms with E-state index in [1.165, 1.54) is 35.9 Å². The monoisotopic (exact) mass is 312 g/mol. The summed E-state index contributed by atoms with van der Waals surface area (Å²) in [4.78, 5) is 23.8. The molecule has 0 radical (unpaired) electrons. The molecule has 114 valence electrons. The van der Waals surface area contributed by atoms with E-state index in [1.54, 1.807) is 7.05 Å². The van der Waals surface area contributed by atoms with Crippen LogP contribution in [0.1, 0.15) is 23.2 Å². The number of likely N-dealkylation sites (N-methyl/N-ethyl adjacent to an activating group) is 1. The van der Waals surface area contributed by atoms with Gasteiger partial charge in [-0.1, -0.05) is 11.6 Å². The number of carbonyl (C=O) groups excluding carboxylic acids is 1. The number of ether oxygens (including phenoxy) is 1. The molecule has 0 saturated heterocycles. The zero-order valence-electron chi connectivity index (χ0n) is 11.8. The summed E-state index contributed by atoms with van der Waals surface area (Å²) < 4.78 is 5.48. The molecule has 0 spiro atoms. The third-order valence-electron chi connectivity index (χ3n) is 3.36. The quantitative estimate of drug-likeness (QED) is 0.441. The summed E-state index contributed by atoms with van der Waals surface area (Å²) in [5.41, 5.74) is 0.124. The van der Waals surface area contributed by atoms with Gasteiger partial charge >= 0.3 is 0 Å². The second kappa shape index (κ2) is 6.87. The summed E-state index contributed by atoms with van der Waals surface area (Å²) in [6.45, 7) is 1.68. The third-order valence-corrected chi connectivity index (χ3v) is 3.67. The summed E-state index contributed by atoms with van der Waals surface area (Å²) in [5, 5.41) is 10.7. The molecule has 1 saturated carbocycles. The Bertz CT molecular complexity index is 546. The minimum atomic E-state index is -0.546. The number of benzene rings is 1. The standard InChI is InChI=1S/C14H17ClN2O4/c1-16(6-7-21-9-10-2-3-10)14(18)12-5-4-11(17(19)20)8-13(12)15/h4-5,8,10H,2-3,6-7,9H2,1H3. The van der Waals surface area contributed by atoms with Gasteiger partial charge in [-0.25, -0.2) is 0 Å². The van der Waals surface area contributed by atoms with Crippen LogP contribution in [-0.4, -0.2) is 42.5 Å². The Labute approximate surface area is 127 Å². The van der Waals surface area contributed by atoms with Crippen LogP contribution in [0.2, 0.25) is 5.02 Å². The molecule has 0 heterocycles. The highest BCUT2D eigenvalue weighted by molar-refractivity contribution is 6.34. The van der Waals surface area contributed by atoms with Crippen molar-refractivity contribution in [3.05, 3.63) is 38.9 Å². The van der Waals surface area contributed by atoms with Gasteiger partial charge < -0.3 is 9.64 Å². The Morgan fingerprint density at radius 1 is 1.52 bits per heavy atom. The van der Waals surface area contributed by atoms with Gasteiger partial charge in [0.05, 0.1) is 22.1 Å². The number of hydrogen-bond donors (Lipinski definition) is 0. The first kappa shape index (κ1) is 15.7. The Morgan fingerprint density at radius 3 is 2.81 bits per heavy atom. The summed E-state index contributed by atoms with van der Waals surface area (Å²) >= 11 is 5.94. The molecular formula is C14H17ClN2O4. The molecule has 7 heteroatoms. The van der Waals surface area contributed by atoms with Gasteiger partial charge in [-0.15, -0.1) is 0 Å². The van der Waals surface area contributed by atoms with Gasteiger partial charge in [0.1, 0.15) is 0 Å². The zero-order chi connectivity index (χ0) is 15.4. The third kappa shape index (κ3) is 4.41. The lowest BCUT2D eigenvalue weighted by atomic mass is 10.2. The number of carbonyl (C=O) groups is 1. The van der Waals surface area contributed by atoms with Gasteiger partial charge in [0, 0.05) is 32.3 Å². The number of rotatable bonds is 7. The van der Waals surface area contributed by atoms with Crippen LogP contribution in [0, 0.1) is 16.0 Å². The second-order valence-corrected chi connectivity index (χ2v) is 5.57. The maximum Gasteiger partial charge on any atom is 0.270 e. The lowest BCUT2D eigenvalue weighted by molar-refractivity contribution is -0.384. The average Bonchev–Trinajstić information content (AvgIpc) is 3.26. The van der Waals surface area contributed by atoms with Crippen LogP contribution in [-0.2, 0) is 4.74 Å². The van der Waals surface area contributed by atoms with Crippen molar-refractivity contribution in [1.82, 2.24) is 4.90 Å². The number of nitro groups is 1. The summed E-state index contributed by atoms with van der Waals surface area (Å²) in [6.07, 6.45) is 2.46. The highest BCUT2D eigenvalue weighted by Crippen LogP contribution is 2.28. The second-order valence-electron chi connectivity index (χ2n) is 5.17. The van der Waals surface area contributed by atoms with E-state index in [1.807, 2.05) is 0 Å². The fourth-order valence-corrected chi connectivity index (χ4v) is 2.09. The van der Waals surface area contributed by atoms with Crippen LogP contribution in [0.5, 0.6) is 0 Å². The number of nitro benzene ring substituents is 1. The first-order chi connectivity index (χ1) is 9.99. The highest BCUT2D eigenvalue weighted by atomic mass is 35.5. The normalized spacial score (nSPS) is 14.0. The molecule has 2 rings (SSSR count). The van der Waals surface area contributed by atoms with Gasteiger partial charge in [0.25, 0.3) is 11.6 Å². The van der Waals surface area contributed by atoms with Gasteiger partial charge in [0.15, 0.2) is 0 Å². The van der Waals surface area contributed by atoms with Crippen molar-refractivity contribution >= 4 is 23.2 Å². The molecule has 1 amide bonds.